The second-order valence-corrected chi connectivity index (χ2v) is 4.61. The van der Waals surface area contributed by atoms with E-state index in [0.717, 1.165) is 32.4 Å². The second-order valence-electron chi connectivity index (χ2n) is 4.61. The van der Waals surface area contributed by atoms with E-state index < -0.39 is 0 Å². The van der Waals surface area contributed by atoms with Crippen LogP contribution in [0.2, 0.25) is 0 Å². The average molecular weight is 215 g/mol. The first kappa shape index (κ1) is 12.9. The Balaban J connectivity index is 2.48. The van der Waals surface area contributed by atoms with Gasteiger partial charge in [-0.3, -0.25) is 4.90 Å². The van der Waals surface area contributed by atoms with Crippen molar-refractivity contribution in [1.29, 1.82) is 0 Å². The Labute approximate surface area is 93.4 Å². The molecule has 0 aliphatic heterocycles. The van der Waals surface area contributed by atoms with Crippen LogP contribution in [0.25, 0.3) is 0 Å². The molecule has 1 fully saturated rings. The minimum Gasteiger partial charge on any atom is -0.393 e. The Morgan fingerprint density at radius 2 is 2.20 bits per heavy atom. The number of methoxy groups -OCH3 is 1. The Morgan fingerprint density at radius 3 is 2.73 bits per heavy atom. The predicted octanol–water partition coefficient (Wildman–Crippen LogP) is 1.65. The van der Waals surface area contributed by atoms with Gasteiger partial charge in [0.1, 0.15) is 0 Å². The highest BCUT2D eigenvalue weighted by Crippen LogP contribution is 2.24. The van der Waals surface area contributed by atoms with Gasteiger partial charge in [-0.15, -0.1) is 0 Å². The third kappa shape index (κ3) is 3.74. The predicted molar refractivity (Wildman–Crippen MR) is 62.0 cm³/mol. The van der Waals surface area contributed by atoms with Crippen molar-refractivity contribution in [2.24, 2.45) is 0 Å². The van der Waals surface area contributed by atoms with Gasteiger partial charge < -0.3 is 9.84 Å². The zero-order valence-electron chi connectivity index (χ0n) is 10.3. The van der Waals surface area contributed by atoms with E-state index in [-0.39, 0.29) is 6.10 Å². The van der Waals surface area contributed by atoms with Gasteiger partial charge in [0.05, 0.1) is 12.7 Å². The summed E-state index contributed by atoms with van der Waals surface area (Å²) in [5, 5.41) is 9.68. The topological polar surface area (TPSA) is 32.7 Å². The summed E-state index contributed by atoms with van der Waals surface area (Å²) in [6.07, 6.45) is 4.20. The maximum absolute atomic E-state index is 9.68. The number of hydrogen-bond donors (Lipinski definition) is 1. The molecule has 1 saturated carbocycles. The normalized spacial score (nSPS) is 29.4. The Hall–Kier alpha value is -0.120. The molecule has 0 spiro atoms. The molecule has 0 radical (unpaired) electrons. The van der Waals surface area contributed by atoms with Gasteiger partial charge in [0, 0.05) is 19.2 Å². The van der Waals surface area contributed by atoms with E-state index >= 15 is 0 Å². The molecule has 3 nitrogen and oxygen atoms in total. The number of aliphatic hydroxyl groups excluding tert-OH is 1. The first-order valence-corrected chi connectivity index (χ1v) is 6.11. The van der Waals surface area contributed by atoms with Crippen LogP contribution in [0.5, 0.6) is 0 Å². The van der Waals surface area contributed by atoms with Crippen molar-refractivity contribution in [2.45, 2.75) is 57.7 Å². The van der Waals surface area contributed by atoms with Crippen LogP contribution in [0.3, 0.4) is 0 Å². The van der Waals surface area contributed by atoms with Crippen LogP contribution in [-0.4, -0.2) is 48.5 Å². The highest BCUT2D eigenvalue weighted by molar-refractivity contribution is 4.82. The fourth-order valence-electron chi connectivity index (χ4n) is 2.71. The Kier molecular flexibility index (Phi) is 5.58. The van der Waals surface area contributed by atoms with Gasteiger partial charge in [0.15, 0.2) is 0 Å². The molecule has 1 rings (SSSR count). The van der Waals surface area contributed by atoms with Crippen LogP contribution in [0.15, 0.2) is 0 Å². The van der Waals surface area contributed by atoms with E-state index in [4.69, 9.17) is 4.74 Å². The molecule has 3 heteroatoms. The van der Waals surface area contributed by atoms with Gasteiger partial charge in [-0.25, -0.2) is 0 Å². The molecule has 90 valence electrons. The van der Waals surface area contributed by atoms with E-state index in [1.165, 1.54) is 6.42 Å². The molecule has 3 atom stereocenters. The summed E-state index contributed by atoms with van der Waals surface area (Å²) in [4.78, 5) is 2.46. The zero-order chi connectivity index (χ0) is 11.3. The number of nitrogens with zero attached hydrogens (tertiary/aromatic N) is 1. The van der Waals surface area contributed by atoms with Crippen LogP contribution in [0, 0.1) is 0 Å². The Morgan fingerprint density at radius 1 is 1.47 bits per heavy atom. The summed E-state index contributed by atoms with van der Waals surface area (Å²) < 4.78 is 5.20. The first-order valence-electron chi connectivity index (χ1n) is 6.11. The average Bonchev–Trinajstić information content (AvgIpc) is 2.19. The molecule has 0 heterocycles. The maximum Gasteiger partial charge on any atom is 0.0615 e. The van der Waals surface area contributed by atoms with E-state index in [2.05, 4.69) is 18.7 Å². The fourth-order valence-corrected chi connectivity index (χ4v) is 2.71. The minimum absolute atomic E-state index is 0.0902. The molecule has 15 heavy (non-hydrogen) atoms. The van der Waals surface area contributed by atoms with Crippen LogP contribution >= 0.6 is 0 Å². The third-order valence-corrected chi connectivity index (χ3v) is 3.43. The molecule has 0 aromatic carbocycles. The van der Waals surface area contributed by atoms with Crippen LogP contribution in [0.1, 0.15) is 39.5 Å². The molecule has 0 saturated heterocycles. The molecule has 3 unspecified atom stereocenters. The zero-order valence-corrected chi connectivity index (χ0v) is 10.3. The number of likely N-dealkylation sites (N-methyl/N-ethyl adjacent to an activating group) is 1. The molecule has 1 aliphatic carbocycles. The summed E-state index contributed by atoms with van der Waals surface area (Å²) in [7, 11) is 1.75. The molecule has 0 amide bonds. The molecule has 0 bridgehead atoms. The lowest BCUT2D eigenvalue weighted by Gasteiger charge is -2.39. The monoisotopic (exact) mass is 215 g/mol. The van der Waals surface area contributed by atoms with Gasteiger partial charge in [-0.1, -0.05) is 6.92 Å². The van der Waals surface area contributed by atoms with E-state index in [0.29, 0.717) is 12.1 Å². The third-order valence-electron chi connectivity index (χ3n) is 3.43. The molecular weight excluding hydrogens is 190 g/mol. The van der Waals surface area contributed by atoms with Crippen molar-refractivity contribution in [3.05, 3.63) is 0 Å². The van der Waals surface area contributed by atoms with E-state index in [1.807, 2.05) is 0 Å². The van der Waals surface area contributed by atoms with Crippen molar-refractivity contribution in [3.63, 3.8) is 0 Å². The molecule has 1 aliphatic rings. The van der Waals surface area contributed by atoms with Crippen molar-refractivity contribution in [3.8, 4) is 0 Å². The van der Waals surface area contributed by atoms with Gasteiger partial charge >= 0.3 is 0 Å². The standard InChI is InChI=1S/C12H25NO2/c1-4-13(10(2)9-15-3)11-6-5-7-12(14)8-11/h10-12,14H,4-9H2,1-3H3. The minimum atomic E-state index is -0.0902. The molecule has 1 N–H and O–H groups in total. The summed E-state index contributed by atoms with van der Waals surface area (Å²) in [5.74, 6) is 0. The highest BCUT2D eigenvalue weighted by Gasteiger charge is 2.27. The van der Waals surface area contributed by atoms with Crippen LogP contribution < -0.4 is 0 Å². The summed E-state index contributed by atoms with van der Waals surface area (Å²) in [6.45, 7) is 6.21. The molecular formula is C12H25NO2. The summed E-state index contributed by atoms with van der Waals surface area (Å²) in [6, 6.07) is 0.999. The SMILES string of the molecule is CCN(C(C)COC)C1CCCC(O)C1. The van der Waals surface area contributed by atoms with Gasteiger partial charge in [-0.05, 0) is 39.2 Å². The van der Waals surface area contributed by atoms with E-state index in [9.17, 15) is 5.11 Å². The number of hydrogen-bond acceptors (Lipinski definition) is 3. The molecule has 0 aromatic heterocycles. The van der Waals surface area contributed by atoms with E-state index in [1.54, 1.807) is 7.11 Å². The Bertz CT molecular complexity index is 175. The highest BCUT2D eigenvalue weighted by atomic mass is 16.5. The first-order chi connectivity index (χ1) is 7.19. The van der Waals surface area contributed by atoms with Crippen molar-refractivity contribution in [1.82, 2.24) is 4.90 Å². The lowest BCUT2D eigenvalue weighted by atomic mass is 9.91. The maximum atomic E-state index is 9.68. The lowest BCUT2D eigenvalue weighted by molar-refractivity contribution is 0.0231. The smallest absolute Gasteiger partial charge is 0.0615 e. The van der Waals surface area contributed by atoms with Crippen molar-refractivity contribution >= 4 is 0 Å². The lowest BCUT2D eigenvalue weighted by Crippen LogP contribution is -2.46. The number of aliphatic hydroxyl groups is 1. The van der Waals surface area contributed by atoms with Gasteiger partial charge in [-0.2, -0.15) is 0 Å². The second kappa shape index (κ2) is 6.46. The fraction of sp³-hybridized carbons (Fsp3) is 1.00. The summed E-state index contributed by atoms with van der Waals surface area (Å²) >= 11 is 0. The summed E-state index contributed by atoms with van der Waals surface area (Å²) in [5.41, 5.74) is 0. The largest absolute Gasteiger partial charge is 0.393 e. The van der Waals surface area contributed by atoms with Crippen LogP contribution in [-0.2, 0) is 4.74 Å². The van der Waals surface area contributed by atoms with Gasteiger partial charge in [0.25, 0.3) is 0 Å². The number of rotatable bonds is 5. The number of ether oxygens (including phenoxy) is 1. The van der Waals surface area contributed by atoms with Crippen LogP contribution in [0.4, 0.5) is 0 Å². The van der Waals surface area contributed by atoms with Crippen molar-refractivity contribution < 1.29 is 9.84 Å². The molecule has 0 aromatic rings. The quantitative estimate of drug-likeness (QED) is 0.757. The van der Waals surface area contributed by atoms with Crippen molar-refractivity contribution in [2.75, 3.05) is 20.3 Å². The van der Waals surface area contributed by atoms with Gasteiger partial charge in [0.2, 0.25) is 0 Å².